The third kappa shape index (κ3) is 6.80. The van der Waals surface area contributed by atoms with E-state index in [1.54, 1.807) is 60.4 Å². The third-order valence-electron chi connectivity index (χ3n) is 6.14. The molecule has 0 bridgehead atoms. The van der Waals surface area contributed by atoms with Crippen LogP contribution in [0.2, 0.25) is 0 Å². The summed E-state index contributed by atoms with van der Waals surface area (Å²) in [5.74, 6) is -0.330. The molecule has 1 saturated heterocycles. The molecule has 1 N–H and O–H groups in total. The second-order valence-electron chi connectivity index (χ2n) is 8.98. The number of nitrogens with zero attached hydrogens (tertiary/aromatic N) is 2. The van der Waals surface area contributed by atoms with E-state index in [9.17, 15) is 14.4 Å². The van der Waals surface area contributed by atoms with Crippen LogP contribution in [0.5, 0.6) is 5.75 Å². The normalized spacial score (nSPS) is 14.9. The number of esters is 1. The van der Waals surface area contributed by atoms with Gasteiger partial charge in [0.15, 0.2) is 5.11 Å². The van der Waals surface area contributed by atoms with Crippen LogP contribution in [-0.4, -0.2) is 47.1 Å². The first-order chi connectivity index (χ1) is 18.9. The van der Waals surface area contributed by atoms with Gasteiger partial charge >= 0.3 is 5.97 Å². The van der Waals surface area contributed by atoms with Crippen molar-refractivity contribution >= 4 is 46.5 Å². The van der Waals surface area contributed by atoms with E-state index in [4.69, 9.17) is 21.7 Å². The van der Waals surface area contributed by atoms with Gasteiger partial charge in [-0.1, -0.05) is 37.3 Å². The van der Waals surface area contributed by atoms with Gasteiger partial charge in [-0.05, 0) is 79.7 Å². The number of thiocarbonyl (C=S) groups is 1. The maximum Gasteiger partial charge on any atom is 0.338 e. The zero-order valence-electron chi connectivity index (χ0n) is 22.0. The van der Waals surface area contributed by atoms with Crippen LogP contribution < -0.4 is 15.0 Å². The SMILES string of the molecule is CCCOc1ccc(NC(=O)CC2C(=O)N(c3ccc(C(=O)OCC)cc3)C(=S)N2Cc2ccccc2)cc1. The van der Waals surface area contributed by atoms with Crippen LogP contribution in [0, 0.1) is 0 Å². The highest BCUT2D eigenvalue weighted by molar-refractivity contribution is 7.80. The Morgan fingerprint density at radius 3 is 2.28 bits per heavy atom. The fraction of sp³-hybridized carbons (Fsp3) is 0.267. The highest BCUT2D eigenvalue weighted by Crippen LogP contribution is 2.29. The first-order valence-corrected chi connectivity index (χ1v) is 13.3. The fourth-order valence-electron chi connectivity index (χ4n) is 4.23. The van der Waals surface area contributed by atoms with Gasteiger partial charge in [0, 0.05) is 12.2 Å². The van der Waals surface area contributed by atoms with E-state index in [1.807, 2.05) is 37.3 Å². The smallest absolute Gasteiger partial charge is 0.338 e. The summed E-state index contributed by atoms with van der Waals surface area (Å²) in [6, 6.07) is 22.5. The molecule has 0 spiro atoms. The molecule has 202 valence electrons. The van der Waals surface area contributed by atoms with Crippen molar-refractivity contribution in [2.45, 2.75) is 39.3 Å². The van der Waals surface area contributed by atoms with Crippen molar-refractivity contribution in [2.24, 2.45) is 0 Å². The standard InChI is InChI=1S/C30H31N3O5S/c1-3-18-38-25-16-12-23(13-17-25)31-27(34)19-26-28(35)33(24-14-10-22(11-15-24)29(36)37-4-2)30(39)32(26)20-21-8-6-5-7-9-21/h5-17,26H,3-4,18-20H2,1-2H3,(H,31,34). The Morgan fingerprint density at radius 1 is 0.949 bits per heavy atom. The highest BCUT2D eigenvalue weighted by Gasteiger charge is 2.44. The summed E-state index contributed by atoms with van der Waals surface area (Å²) in [6.07, 6.45) is 0.819. The van der Waals surface area contributed by atoms with E-state index in [0.29, 0.717) is 35.2 Å². The molecule has 39 heavy (non-hydrogen) atoms. The molecule has 0 saturated carbocycles. The lowest BCUT2D eigenvalue weighted by Gasteiger charge is -2.24. The van der Waals surface area contributed by atoms with E-state index >= 15 is 0 Å². The average Bonchev–Trinajstić information content (AvgIpc) is 3.17. The molecular weight excluding hydrogens is 514 g/mol. The van der Waals surface area contributed by atoms with Crippen molar-refractivity contribution in [1.29, 1.82) is 0 Å². The van der Waals surface area contributed by atoms with Gasteiger partial charge in [0.25, 0.3) is 5.91 Å². The minimum atomic E-state index is -0.797. The van der Waals surface area contributed by atoms with Crippen molar-refractivity contribution < 1.29 is 23.9 Å². The van der Waals surface area contributed by atoms with Gasteiger partial charge in [-0.3, -0.25) is 14.5 Å². The Kier molecular flexibility index (Phi) is 9.27. The van der Waals surface area contributed by atoms with Gasteiger partial charge in [-0.2, -0.15) is 0 Å². The van der Waals surface area contributed by atoms with Crippen LogP contribution in [-0.2, 0) is 20.9 Å². The number of carbonyl (C=O) groups is 3. The number of benzene rings is 3. The number of hydrogen-bond acceptors (Lipinski definition) is 6. The van der Waals surface area contributed by atoms with Crippen LogP contribution in [0.3, 0.4) is 0 Å². The predicted octanol–water partition coefficient (Wildman–Crippen LogP) is 5.18. The summed E-state index contributed by atoms with van der Waals surface area (Å²) in [6.45, 7) is 5.02. The Labute approximate surface area is 233 Å². The molecule has 1 aliphatic rings. The summed E-state index contributed by atoms with van der Waals surface area (Å²) in [5.41, 5.74) is 2.46. The van der Waals surface area contributed by atoms with Gasteiger partial charge in [-0.15, -0.1) is 0 Å². The molecule has 3 aromatic carbocycles. The quantitative estimate of drug-likeness (QED) is 0.262. The topological polar surface area (TPSA) is 88.2 Å². The van der Waals surface area contributed by atoms with E-state index < -0.39 is 12.0 Å². The molecule has 0 radical (unpaired) electrons. The van der Waals surface area contributed by atoms with E-state index in [2.05, 4.69) is 5.32 Å². The lowest BCUT2D eigenvalue weighted by molar-refractivity contribution is -0.124. The molecule has 8 nitrogen and oxygen atoms in total. The van der Waals surface area contributed by atoms with Crippen LogP contribution >= 0.6 is 12.2 Å². The van der Waals surface area contributed by atoms with Gasteiger partial charge < -0.3 is 19.7 Å². The molecule has 1 atom stereocenters. The summed E-state index contributed by atoms with van der Waals surface area (Å²) >= 11 is 5.75. The predicted molar refractivity (Wildman–Crippen MR) is 154 cm³/mol. The van der Waals surface area contributed by atoms with Gasteiger partial charge in [0.2, 0.25) is 5.91 Å². The van der Waals surface area contributed by atoms with Crippen molar-refractivity contribution in [2.75, 3.05) is 23.4 Å². The molecule has 0 aliphatic carbocycles. The lowest BCUT2D eigenvalue weighted by atomic mass is 10.1. The summed E-state index contributed by atoms with van der Waals surface area (Å²) in [7, 11) is 0. The maximum atomic E-state index is 13.7. The summed E-state index contributed by atoms with van der Waals surface area (Å²) in [4.78, 5) is 42.0. The van der Waals surface area contributed by atoms with Crippen molar-refractivity contribution in [3.05, 3.63) is 90.0 Å². The van der Waals surface area contributed by atoms with E-state index in [1.165, 1.54) is 4.90 Å². The zero-order chi connectivity index (χ0) is 27.8. The Bertz CT molecular complexity index is 1310. The van der Waals surface area contributed by atoms with Crippen LogP contribution in [0.4, 0.5) is 11.4 Å². The van der Waals surface area contributed by atoms with Gasteiger partial charge in [0.05, 0.1) is 30.9 Å². The third-order valence-corrected chi connectivity index (χ3v) is 6.56. The Morgan fingerprint density at radius 2 is 1.64 bits per heavy atom. The second-order valence-corrected chi connectivity index (χ2v) is 9.34. The Hall–Kier alpha value is -4.24. The number of nitrogens with one attached hydrogen (secondary N) is 1. The second kappa shape index (κ2) is 13.0. The first-order valence-electron chi connectivity index (χ1n) is 12.9. The molecule has 1 unspecified atom stereocenters. The molecule has 3 aromatic rings. The minimum absolute atomic E-state index is 0.0860. The molecule has 1 heterocycles. The van der Waals surface area contributed by atoms with Crippen LogP contribution in [0.1, 0.15) is 42.6 Å². The number of amides is 2. The lowest BCUT2D eigenvalue weighted by Crippen LogP contribution is -2.37. The molecule has 4 rings (SSSR count). The molecule has 0 aromatic heterocycles. The number of ether oxygens (including phenoxy) is 2. The van der Waals surface area contributed by atoms with Crippen LogP contribution in [0.25, 0.3) is 0 Å². The average molecular weight is 546 g/mol. The monoisotopic (exact) mass is 545 g/mol. The first kappa shape index (κ1) is 27.8. The van der Waals surface area contributed by atoms with Crippen molar-refractivity contribution in [3.8, 4) is 5.75 Å². The van der Waals surface area contributed by atoms with E-state index in [-0.39, 0.29) is 24.8 Å². The van der Waals surface area contributed by atoms with Gasteiger partial charge in [0.1, 0.15) is 11.8 Å². The summed E-state index contributed by atoms with van der Waals surface area (Å²) in [5, 5.41) is 3.17. The molecule has 2 amide bonds. The highest BCUT2D eigenvalue weighted by atomic mass is 32.1. The maximum absolute atomic E-state index is 13.7. The number of hydrogen-bond donors (Lipinski definition) is 1. The fourth-order valence-corrected chi connectivity index (χ4v) is 4.62. The number of anilines is 2. The number of carbonyl (C=O) groups excluding carboxylic acids is 3. The molecular formula is C30H31N3O5S. The summed E-state index contributed by atoms with van der Waals surface area (Å²) < 4.78 is 10.6. The van der Waals surface area contributed by atoms with E-state index in [0.717, 1.165) is 17.7 Å². The Balaban J connectivity index is 1.53. The van der Waals surface area contributed by atoms with Crippen molar-refractivity contribution in [1.82, 2.24) is 4.90 Å². The van der Waals surface area contributed by atoms with Gasteiger partial charge in [-0.25, -0.2) is 4.79 Å². The molecule has 1 fully saturated rings. The largest absolute Gasteiger partial charge is 0.494 e. The number of rotatable bonds is 11. The zero-order valence-corrected chi connectivity index (χ0v) is 22.8. The van der Waals surface area contributed by atoms with Crippen LogP contribution in [0.15, 0.2) is 78.9 Å². The minimum Gasteiger partial charge on any atom is -0.494 e. The molecule has 1 aliphatic heterocycles. The molecule has 9 heteroatoms. The van der Waals surface area contributed by atoms with Crippen molar-refractivity contribution in [3.63, 3.8) is 0 Å².